The summed E-state index contributed by atoms with van der Waals surface area (Å²) >= 11 is 4.95. The van der Waals surface area contributed by atoms with Crippen LogP contribution in [0.2, 0.25) is 0 Å². The van der Waals surface area contributed by atoms with Gasteiger partial charge in [-0.25, -0.2) is 0 Å². The zero-order valence-corrected chi connectivity index (χ0v) is 10.5. The van der Waals surface area contributed by atoms with Crippen molar-refractivity contribution in [1.29, 1.82) is 5.26 Å². The van der Waals surface area contributed by atoms with Crippen LogP contribution in [-0.4, -0.2) is 17.8 Å². The fourth-order valence-electron chi connectivity index (χ4n) is 2.12. The van der Waals surface area contributed by atoms with E-state index in [0.29, 0.717) is 11.5 Å². The number of rotatable bonds is 1. The summed E-state index contributed by atoms with van der Waals surface area (Å²) in [6, 6.07) is 6.80. The lowest BCUT2D eigenvalue weighted by molar-refractivity contribution is -0.123. The molecule has 7 heteroatoms. The summed E-state index contributed by atoms with van der Waals surface area (Å²) in [5.41, 5.74) is 0.757. The maximum atomic E-state index is 11.7. The van der Waals surface area contributed by atoms with Crippen molar-refractivity contribution in [3.05, 3.63) is 23.8 Å². The van der Waals surface area contributed by atoms with Crippen molar-refractivity contribution in [2.45, 2.75) is 6.04 Å². The van der Waals surface area contributed by atoms with Gasteiger partial charge in [0.25, 0.3) is 0 Å². The lowest BCUT2D eigenvalue weighted by atomic mass is 9.92. The minimum atomic E-state index is -0.841. The van der Waals surface area contributed by atoms with Crippen LogP contribution >= 0.6 is 12.2 Å². The van der Waals surface area contributed by atoms with Gasteiger partial charge in [-0.1, -0.05) is 6.07 Å². The molecule has 0 aromatic heterocycles. The Morgan fingerprint density at radius 2 is 2.16 bits per heavy atom. The van der Waals surface area contributed by atoms with E-state index in [1.807, 2.05) is 6.07 Å². The van der Waals surface area contributed by atoms with Crippen molar-refractivity contribution < 1.29 is 14.3 Å². The molecule has 3 rings (SSSR count). The fraction of sp³-hybridized carbons (Fsp3) is 0.250. The molecule has 0 bridgehead atoms. The van der Waals surface area contributed by atoms with Crippen LogP contribution in [0.5, 0.6) is 11.5 Å². The highest BCUT2D eigenvalue weighted by Crippen LogP contribution is 2.36. The Balaban J connectivity index is 1.97. The van der Waals surface area contributed by atoms with Crippen LogP contribution < -0.4 is 20.1 Å². The summed E-state index contributed by atoms with van der Waals surface area (Å²) in [4.78, 5) is 11.7. The van der Waals surface area contributed by atoms with Crippen molar-refractivity contribution in [1.82, 2.24) is 10.6 Å². The van der Waals surface area contributed by atoms with E-state index in [4.69, 9.17) is 27.0 Å². The van der Waals surface area contributed by atoms with Gasteiger partial charge in [0.15, 0.2) is 16.6 Å². The zero-order valence-electron chi connectivity index (χ0n) is 9.67. The first-order valence-electron chi connectivity index (χ1n) is 5.59. The van der Waals surface area contributed by atoms with E-state index in [0.717, 1.165) is 5.56 Å². The van der Waals surface area contributed by atoms with Crippen molar-refractivity contribution in [2.75, 3.05) is 6.79 Å². The van der Waals surface area contributed by atoms with Gasteiger partial charge >= 0.3 is 0 Å². The SMILES string of the molecule is N#C[C@@H]1C(=O)NC(=S)N[C@H]1c1ccc2c(c1)OCO2. The maximum absolute atomic E-state index is 11.7. The highest BCUT2D eigenvalue weighted by Gasteiger charge is 2.35. The standard InChI is InChI=1S/C12H9N3O3S/c13-4-7-10(14-12(19)15-11(7)16)6-1-2-8-9(3-6)18-5-17-8/h1-3,7,10H,5H2,(H2,14,15,16,19)/t7-,10-/m0/s1. The molecule has 2 heterocycles. The van der Waals surface area contributed by atoms with Crippen LogP contribution in [0.15, 0.2) is 18.2 Å². The Morgan fingerprint density at radius 3 is 2.95 bits per heavy atom. The van der Waals surface area contributed by atoms with Crippen LogP contribution in [-0.2, 0) is 4.79 Å². The molecule has 0 aliphatic carbocycles. The van der Waals surface area contributed by atoms with Gasteiger partial charge in [-0.15, -0.1) is 0 Å². The molecule has 2 aliphatic heterocycles. The largest absolute Gasteiger partial charge is 0.454 e. The quantitative estimate of drug-likeness (QED) is 0.730. The second-order valence-electron chi connectivity index (χ2n) is 4.16. The van der Waals surface area contributed by atoms with E-state index >= 15 is 0 Å². The van der Waals surface area contributed by atoms with E-state index < -0.39 is 17.9 Å². The summed E-state index contributed by atoms with van der Waals surface area (Å²) in [5.74, 6) is 0.0222. The molecule has 96 valence electrons. The third-order valence-electron chi connectivity index (χ3n) is 3.03. The molecule has 1 aromatic carbocycles. The van der Waals surface area contributed by atoms with E-state index in [1.165, 1.54) is 0 Å². The van der Waals surface area contributed by atoms with E-state index in [9.17, 15) is 4.79 Å². The second kappa shape index (κ2) is 4.40. The van der Waals surface area contributed by atoms with Gasteiger partial charge in [0, 0.05) is 0 Å². The highest BCUT2D eigenvalue weighted by molar-refractivity contribution is 7.80. The van der Waals surface area contributed by atoms with Crippen LogP contribution in [0.25, 0.3) is 0 Å². The molecule has 0 radical (unpaired) electrons. The summed E-state index contributed by atoms with van der Waals surface area (Å²) in [6.45, 7) is 0.178. The monoisotopic (exact) mass is 275 g/mol. The minimum absolute atomic E-state index is 0.178. The summed E-state index contributed by atoms with van der Waals surface area (Å²) < 4.78 is 10.5. The van der Waals surface area contributed by atoms with Crippen molar-refractivity contribution in [3.63, 3.8) is 0 Å². The minimum Gasteiger partial charge on any atom is -0.454 e. The number of hydrogen-bond donors (Lipinski definition) is 2. The number of nitrogens with one attached hydrogen (secondary N) is 2. The molecule has 1 aromatic rings. The Labute approximate surface area is 114 Å². The average molecular weight is 275 g/mol. The van der Waals surface area contributed by atoms with Gasteiger partial charge in [0.05, 0.1) is 12.1 Å². The highest BCUT2D eigenvalue weighted by atomic mass is 32.1. The molecule has 0 spiro atoms. The lowest BCUT2D eigenvalue weighted by Crippen LogP contribution is -2.53. The van der Waals surface area contributed by atoms with Gasteiger partial charge in [0.2, 0.25) is 12.7 Å². The number of fused-ring (bicyclic) bond motifs is 1. The number of hydrogen-bond acceptors (Lipinski definition) is 5. The van der Waals surface area contributed by atoms with E-state index in [-0.39, 0.29) is 11.9 Å². The third-order valence-corrected chi connectivity index (χ3v) is 3.25. The number of carbonyl (C=O) groups is 1. The number of thiocarbonyl (C=S) groups is 1. The number of nitriles is 1. The van der Waals surface area contributed by atoms with Crippen LogP contribution in [0.4, 0.5) is 0 Å². The Hall–Kier alpha value is -2.33. The number of ether oxygens (including phenoxy) is 2. The van der Waals surface area contributed by atoms with Crippen LogP contribution in [0.1, 0.15) is 11.6 Å². The predicted octanol–water partition coefficient (Wildman–Crippen LogP) is 0.600. The first-order valence-corrected chi connectivity index (χ1v) is 6.00. The summed E-state index contributed by atoms with van der Waals surface area (Å²) in [7, 11) is 0. The molecule has 0 saturated carbocycles. The predicted molar refractivity (Wildman–Crippen MR) is 68.3 cm³/mol. The van der Waals surface area contributed by atoms with Gasteiger partial charge in [-0.3, -0.25) is 4.79 Å². The molecule has 6 nitrogen and oxygen atoms in total. The molecule has 2 atom stereocenters. The third kappa shape index (κ3) is 1.96. The average Bonchev–Trinajstić information content (AvgIpc) is 2.85. The molecule has 1 fully saturated rings. The van der Waals surface area contributed by atoms with Crippen LogP contribution in [0, 0.1) is 17.2 Å². The first kappa shape index (κ1) is 11.7. The van der Waals surface area contributed by atoms with Gasteiger partial charge in [0.1, 0.15) is 5.92 Å². The smallest absolute Gasteiger partial charge is 0.245 e. The molecule has 19 heavy (non-hydrogen) atoms. The Bertz CT molecular complexity index is 611. The number of amides is 1. The molecule has 1 amide bonds. The summed E-state index contributed by atoms with van der Waals surface area (Å²) in [6.07, 6.45) is 0. The van der Waals surface area contributed by atoms with Gasteiger partial charge < -0.3 is 20.1 Å². The molecule has 1 saturated heterocycles. The zero-order chi connectivity index (χ0) is 13.4. The molecule has 0 unspecified atom stereocenters. The molecule has 2 aliphatic rings. The first-order chi connectivity index (χ1) is 9.19. The molecular weight excluding hydrogens is 266 g/mol. The molecular formula is C12H9N3O3S. The number of nitrogens with zero attached hydrogens (tertiary/aromatic N) is 1. The van der Waals surface area contributed by atoms with Crippen LogP contribution in [0.3, 0.4) is 0 Å². The van der Waals surface area contributed by atoms with E-state index in [1.54, 1.807) is 18.2 Å². The Morgan fingerprint density at radius 1 is 1.37 bits per heavy atom. The Kier molecular flexibility index (Phi) is 2.72. The fourth-order valence-corrected chi connectivity index (χ4v) is 2.34. The van der Waals surface area contributed by atoms with E-state index in [2.05, 4.69) is 10.6 Å². The number of benzene rings is 1. The van der Waals surface area contributed by atoms with Gasteiger partial charge in [-0.05, 0) is 29.9 Å². The lowest BCUT2D eigenvalue weighted by Gasteiger charge is -2.29. The van der Waals surface area contributed by atoms with Crippen molar-refractivity contribution in [2.24, 2.45) is 5.92 Å². The summed E-state index contributed by atoms with van der Waals surface area (Å²) in [5, 5.41) is 14.7. The maximum Gasteiger partial charge on any atom is 0.245 e. The van der Waals surface area contributed by atoms with Crippen molar-refractivity contribution in [3.8, 4) is 17.6 Å². The topological polar surface area (TPSA) is 83.4 Å². The van der Waals surface area contributed by atoms with Crippen molar-refractivity contribution >= 4 is 23.2 Å². The van der Waals surface area contributed by atoms with Gasteiger partial charge in [-0.2, -0.15) is 5.26 Å². The number of carbonyl (C=O) groups excluding carboxylic acids is 1. The second-order valence-corrected chi connectivity index (χ2v) is 4.57. The normalized spacial score (nSPS) is 24.4. The molecule has 2 N–H and O–H groups in total.